The molecule has 0 aliphatic carbocycles. The molecule has 9 fully saturated rings. The Hall–Kier alpha value is -6.74. The third kappa shape index (κ3) is 51.7. The molecule has 0 saturated carbocycles. The van der Waals surface area contributed by atoms with E-state index in [-0.39, 0.29) is 140 Å². The molecule has 1 aromatic heterocycles. The predicted molar refractivity (Wildman–Crippen MR) is 530 cm³/mol. The zero-order valence-corrected chi connectivity index (χ0v) is 91.7. The Labute approximate surface area is 842 Å². The van der Waals surface area contributed by atoms with Crippen LogP contribution in [0.25, 0.3) is 0 Å². The van der Waals surface area contributed by atoms with Crippen molar-refractivity contribution in [3.63, 3.8) is 0 Å². The van der Waals surface area contributed by atoms with E-state index in [4.69, 9.17) is 43.5 Å². The third-order valence-electron chi connectivity index (χ3n) is 22.9. The number of aliphatic hydroxyl groups is 5. The maximum absolute atomic E-state index is 12.1. The zero-order valence-electron chi connectivity index (χ0n) is 89.9. The Morgan fingerprint density at radius 2 is 0.817 bits per heavy atom. The summed E-state index contributed by atoms with van der Waals surface area (Å²) in [5.41, 5.74) is -1.43. The van der Waals surface area contributed by atoms with Crippen molar-refractivity contribution in [1.82, 2.24) is 84.9 Å². The maximum atomic E-state index is 12.1. The van der Waals surface area contributed by atoms with Crippen molar-refractivity contribution in [2.45, 2.75) is 208 Å². The largest absolute Gasteiger partial charge is 0.390 e. The van der Waals surface area contributed by atoms with Crippen LogP contribution in [0.3, 0.4) is 0 Å². The van der Waals surface area contributed by atoms with Crippen LogP contribution >= 0.6 is 14.7 Å². The first-order chi connectivity index (χ1) is 65.9. The monoisotopic (exact) mass is 2070 g/mol. The lowest BCUT2D eigenvalue weighted by molar-refractivity contribution is -0.214. The minimum absolute atomic E-state index is 0.00491. The van der Waals surface area contributed by atoms with E-state index in [9.17, 15) is 97.2 Å². The van der Waals surface area contributed by atoms with Gasteiger partial charge in [-0.05, 0) is 196 Å². The van der Waals surface area contributed by atoms with Gasteiger partial charge in [0.15, 0.2) is 11.6 Å². The van der Waals surface area contributed by atoms with Crippen LogP contribution in [-0.2, 0) is 105 Å². The van der Waals surface area contributed by atoms with Gasteiger partial charge in [-0.3, -0.25) is 110 Å². The summed E-state index contributed by atoms with van der Waals surface area (Å²) in [6.07, 6.45) is 9.16. The Morgan fingerprint density at radius 1 is 0.444 bits per heavy atom. The molecule has 0 bridgehead atoms. The highest BCUT2D eigenvalue weighted by Gasteiger charge is 2.44. The molecule has 13 atom stereocenters. The zero-order chi connectivity index (χ0) is 108. The molecule has 0 aromatic carbocycles. The first-order valence-corrected chi connectivity index (χ1v) is 53.3. The lowest BCUT2D eigenvalue weighted by Crippen LogP contribution is -2.49. The fourth-order valence-electron chi connectivity index (χ4n) is 14.8. The number of aliphatic hydroxyl groups excluding tert-OH is 5. The molecule has 9 amide bonds. The number of ketones is 2. The number of pyridine rings is 1. The van der Waals surface area contributed by atoms with E-state index < -0.39 is 67.2 Å². The molecule has 9 aliphatic heterocycles. The van der Waals surface area contributed by atoms with Crippen molar-refractivity contribution < 1.29 is 141 Å². The summed E-state index contributed by atoms with van der Waals surface area (Å²) >= 11 is 0. The summed E-state index contributed by atoms with van der Waals surface area (Å²) in [7, 11) is 19.6. The molecule has 10 rings (SSSR count). The summed E-state index contributed by atoms with van der Waals surface area (Å²) in [5.74, 6) is -0.730. The smallest absolute Gasteiger partial charge is 0.254 e. The molecule has 9 aliphatic rings. The topological polar surface area (TPSA) is 511 Å². The van der Waals surface area contributed by atoms with Gasteiger partial charge in [0, 0.05) is 108 Å². The van der Waals surface area contributed by atoms with E-state index in [1.165, 1.54) is 58.9 Å². The van der Waals surface area contributed by atoms with Gasteiger partial charge in [-0.15, -0.1) is 0 Å². The lowest BCUT2D eigenvalue weighted by Gasteiger charge is -2.35. The average molecular weight is 2070 g/mol. The van der Waals surface area contributed by atoms with Gasteiger partial charge < -0.3 is 69.6 Å². The van der Waals surface area contributed by atoms with Gasteiger partial charge in [0.25, 0.3) is 29.5 Å². The summed E-state index contributed by atoms with van der Waals surface area (Å²) < 4.78 is 23.8. The first-order valence-electron chi connectivity index (χ1n) is 48.9. The van der Waals surface area contributed by atoms with E-state index in [1.807, 2.05) is 192 Å². The number of unbranched alkanes of at least 4 members (excludes halogenated alkanes) is 1. The highest BCUT2D eigenvalue weighted by molar-refractivity contribution is 7.58. The van der Waals surface area contributed by atoms with Gasteiger partial charge in [0.2, 0.25) is 38.4 Å². The van der Waals surface area contributed by atoms with E-state index in [1.54, 1.807) is 34.3 Å². The minimum atomic E-state index is -3.32. The number of Topliss-reactive ketones (excluding diaryl/α,β-unsaturated/α-hetero) is 2. The van der Waals surface area contributed by atoms with Gasteiger partial charge in [-0.25, -0.2) is 45.6 Å². The molecule has 142 heavy (non-hydrogen) atoms. The van der Waals surface area contributed by atoms with Crippen molar-refractivity contribution in [2.24, 2.45) is 34.0 Å². The molecular weight excluding hydrogens is 1890 g/mol. The van der Waals surface area contributed by atoms with Gasteiger partial charge in [0.05, 0.1) is 164 Å². The molecule has 0 radical (unpaired) electrons. The van der Waals surface area contributed by atoms with E-state index in [2.05, 4.69) is 11.9 Å². The van der Waals surface area contributed by atoms with Crippen LogP contribution in [0.1, 0.15) is 171 Å². The normalized spacial score (nSPS) is 22.5. The van der Waals surface area contributed by atoms with Crippen molar-refractivity contribution in [3.05, 3.63) is 30.1 Å². The number of carbonyl (C=O) groups excluding carboxylic acids is 11. The van der Waals surface area contributed by atoms with Crippen LogP contribution < -0.4 is 0 Å². The molecule has 7 N–H and O–H groups in total. The Balaban J connectivity index is 0.000000541. The maximum Gasteiger partial charge on any atom is 0.254 e. The average Bonchev–Trinajstić information content (AvgIpc) is 1.70. The summed E-state index contributed by atoms with van der Waals surface area (Å²) in [4.78, 5) is 211. The van der Waals surface area contributed by atoms with Crippen molar-refractivity contribution >= 4 is 79.5 Å². The van der Waals surface area contributed by atoms with Gasteiger partial charge >= 0.3 is 0 Å². The molecule has 48 heteroatoms. The van der Waals surface area contributed by atoms with Crippen LogP contribution in [0.15, 0.2) is 24.5 Å². The van der Waals surface area contributed by atoms with E-state index >= 15 is 0 Å². The fraction of sp³-hybridized carbons (Fsp3) is 0.830. The van der Waals surface area contributed by atoms with Crippen LogP contribution in [0, 0.1) is 34.0 Å². The number of hydrogen-bond donors (Lipinski definition) is 7. The molecule has 822 valence electrons. The first kappa shape index (κ1) is 131. The summed E-state index contributed by atoms with van der Waals surface area (Å²) in [6.45, 7) is 32.5. The molecule has 1 aromatic rings. The van der Waals surface area contributed by atoms with Crippen LogP contribution in [0.2, 0.25) is 0 Å². The molecule has 0 spiro atoms. The number of nitrogens with zero attached hydrogens (tertiary/aromatic N) is 17. The summed E-state index contributed by atoms with van der Waals surface area (Å²) in [6, 6.07) is 3.52. The molecule has 46 nitrogen and oxygen atoms in total. The number of rotatable bonds is 40. The Bertz CT molecular complexity index is 3980. The predicted octanol–water partition coefficient (Wildman–Crippen LogP) is 2.49. The standard InChI is InChI=1S/C13H19N2O4P.C12H24NO4P.C11H20N2O3.C10H20N2O3.C10H18N2O3.2C10H20N2O3.2C9H18N2O3/c1-20(17,18)12(11-4-2-7-14-10-11)6-8-15-13(16)5-3-9-19-15;1-3-4-6-11(18(2,15)16)8-9-13-12(14)7-5-10-17-13;1-11(2)5-6-16-13(10(11)15)8-9(14)7-12(3)4;2*1-10(2)7-15-12(9(10)14)6-8(13)5-11(3)4;1-7-8(2)15-12(10(7)14)6-9(13)5-11(3)4;1-8-4-5-15-12(10(8)14)7-9(13)6-11(2)3;1-7-6-14-11(9(7)13)5-8(12)4-10(2)3;1-10(2)6-8(12)7-11-9(13)4-3-5-14-11/h2,4,7,10,12H,3,5-6,8-9H2,1H3,(H,17,18);11H,3-10H2,1-2H3,(H,15,16);5-8H2,1-4H3;8,13H,5-7H2,1-4H3;5-7H2,1-4H3;7-9,13H,5-6H2,1-4H3;8-9,13H,4-7H2,1-3H3;7-8,12H,4-6H2,1-3H3;8,12H,3-7H2,1-2H3. The second-order valence-corrected chi connectivity index (χ2v) is 46.4. The van der Waals surface area contributed by atoms with Crippen molar-refractivity contribution in [3.8, 4) is 0 Å². The Kier molecular flexibility index (Phi) is 60.3. The molecular formula is C94H177N17O29P2. The number of likely N-dealkylation sites (N-methyl/N-ethyl adjacent to an activating group) is 7. The number of hydrogen-bond acceptors (Lipinski definition) is 35. The van der Waals surface area contributed by atoms with Crippen LogP contribution in [0.4, 0.5) is 0 Å². The second kappa shape index (κ2) is 65.2. The summed E-state index contributed by atoms with van der Waals surface area (Å²) in [5, 5.41) is 59.5. The van der Waals surface area contributed by atoms with E-state index in [0.717, 1.165) is 44.9 Å². The number of β-amino-alcohol motifs (C(OH)–C–C–N with tert-alkyl or cyclic N) is 5. The quantitative estimate of drug-likeness (QED) is 0.0464. The molecule has 10 heterocycles. The molecule has 9 saturated heterocycles. The molecule has 13 unspecified atom stereocenters. The van der Waals surface area contributed by atoms with E-state index in [0.29, 0.717) is 156 Å². The van der Waals surface area contributed by atoms with Gasteiger partial charge in [-0.1, -0.05) is 60.5 Å². The minimum Gasteiger partial charge on any atom is -0.390 e. The van der Waals surface area contributed by atoms with Gasteiger partial charge in [-0.2, -0.15) is 0 Å². The highest BCUT2D eigenvalue weighted by Crippen LogP contribution is 2.54. The van der Waals surface area contributed by atoms with Crippen LogP contribution in [0.5, 0.6) is 0 Å². The van der Waals surface area contributed by atoms with Crippen LogP contribution in [-0.4, -0.2) is 497 Å². The number of amides is 9. The lowest BCUT2D eigenvalue weighted by atomic mass is 9.87. The second-order valence-electron chi connectivity index (χ2n) is 41.3. The Morgan fingerprint density at radius 3 is 1.18 bits per heavy atom. The number of carbonyl (C=O) groups is 11. The van der Waals surface area contributed by atoms with Crippen molar-refractivity contribution in [1.29, 1.82) is 0 Å². The SMILES string of the molecule is CC1CCON(CC(O)CN(C)C)C1=O.CC1CON(CC(O)CN(C)C)C1=O.CC1ON(CC(O)CN(C)C)C(=O)C1C.CCCCC(CCN1OCCCC1=O)P(C)(=O)O.CN(C)CC(=O)CN1OCC(C)(C)C1=O.CN(C)CC(=O)CN1OCCC(C)(C)C1=O.CN(C)CC(O)CN1OCC(C)(C)C1=O.CN(C)CC(O)CN1OCCCC1=O.CP(=O)(O)C(CCN1OCCCC1=O)c1cccnc1. The number of aromatic nitrogens is 1. The fourth-order valence-corrected chi connectivity index (χ4v) is 17.4. The highest BCUT2D eigenvalue weighted by atomic mass is 31.2. The van der Waals surface area contributed by atoms with Crippen molar-refractivity contribution in [2.75, 3.05) is 270 Å². The number of hydroxylamine groups is 18. The third-order valence-corrected chi connectivity index (χ3v) is 26.4. The van der Waals surface area contributed by atoms with Gasteiger partial charge in [0.1, 0.15) is 13.1 Å².